The van der Waals surface area contributed by atoms with Gasteiger partial charge in [0.05, 0.1) is 6.33 Å². The van der Waals surface area contributed by atoms with Gasteiger partial charge in [0.15, 0.2) is 6.29 Å². The van der Waals surface area contributed by atoms with Crippen molar-refractivity contribution >= 4 is 6.29 Å². The molecule has 94 valence electrons. The van der Waals surface area contributed by atoms with Crippen molar-refractivity contribution in [1.29, 1.82) is 0 Å². The van der Waals surface area contributed by atoms with Gasteiger partial charge < -0.3 is 4.57 Å². The Morgan fingerprint density at radius 1 is 1.28 bits per heavy atom. The van der Waals surface area contributed by atoms with Crippen LogP contribution in [0.3, 0.4) is 0 Å². The predicted molar refractivity (Wildman–Crippen MR) is 71.9 cm³/mol. The van der Waals surface area contributed by atoms with E-state index in [4.69, 9.17) is 0 Å². The molecular weight excluding hydrogens is 224 g/mol. The van der Waals surface area contributed by atoms with E-state index in [-0.39, 0.29) is 0 Å². The van der Waals surface area contributed by atoms with E-state index in [2.05, 4.69) is 37.0 Å². The summed E-state index contributed by atoms with van der Waals surface area (Å²) >= 11 is 0. The van der Waals surface area contributed by atoms with Gasteiger partial charge in [0.25, 0.3) is 0 Å². The summed E-state index contributed by atoms with van der Waals surface area (Å²) in [6.45, 7) is 4.22. The molecule has 0 saturated carbocycles. The highest BCUT2D eigenvalue weighted by Crippen LogP contribution is 2.15. The minimum atomic E-state index is 0.558. The Bertz CT molecular complexity index is 570. The van der Waals surface area contributed by atoms with Crippen LogP contribution in [0.1, 0.15) is 32.9 Å². The molecule has 0 aliphatic carbocycles. The molecule has 0 aliphatic rings. The van der Waals surface area contributed by atoms with Gasteiger partial charge in [0.1, 0.15) is 5.69 Å². The van der Waals surface area contributed by atoms with E-state index in [1.807, 2.05) is 11.6 Å². The fourth-order valence-electron chi connectivity index (χ4n) is 2.20. The lowest BCUT2D eigenvalue weighted by Gasteiger charge is -2.08. The molecule has 1 aromatic carbocycles. The Kier molecular flexibility index (Phi) is 3.60. The summed E-state index contributed by atoms with van der Waals surface area (Å²) < 4.78 is 1.93. The molecule has 3 heteroatoms. The fraction of sp³-hybridized carbons (Fsp3) is 0.333. The van der Waals surface area contributed by atoms with Crippen LogP contribution >= 0.6 is 0 Å². The lowest BCUT2D eigenvalue weighted by atomic mass is 10.00. The first kappa shape index (κ1) is 12.6. The quantitative estimate of drug-likeness (QED) is 0.772. The summed E-state index contributed by atoms with van der Waals surface area (Å²) in [5.41, 5.74) is 5.48. The average molecular weight is 242 g/mol. The molecule has 0 aliphatic heterocycles. The van der Waals surface area contributed by atoms with Gasteiger partial charge in [-0.2, -0.15) is 0 Å². The van der Waals surface area contributed by atoms with Crippen LogP contribution in [-0.4, -0.2) is 15.8 Å². The van der Waals surface area contributed by atoms with Crippen LogP contribution in [-0.2, 0) is 19.9 Å². The topological polar surface area (TPSA) is 34.9 Å². The number of carbonyl (C=O) groups excluding carboxylic acids is 1. The van der Waals surface area contributed by atoms with Crippen LogP contribution in [0, 0.1) is 13.8 Å². The summed E-state index contributed by atoms with van der Waals surface area (Å²) in [6.07, 6.45) is 4.31. The molecule has 2 aromatic rings. The molecule has 0 fully saturated rings. The molecule has 1 aromatic heterocycles. The van der Waals surface area contributed by atoms with Crippen molar-refractivity contribution in [3.05, 3.63) is 52.6 Å². The predicted octanol–water partition coefficient (Wildman–Crippen LogP) is 2.63. The molecule has 1 heterocycles. The van der Waals surface area contributed by atoms with E-state index in [9.17, 15) is 4.79 Å². The van der Waals surface area contributed by atoms with E-state index in [0.29, 0.717) is 5.69 Å². The zero-order chi connectivity index (χ0) is 13.1. The summed E-state index contributed by atoms with van der Waals surface area (Å²) in [4.78, 5) is 15.0. The largest absolute Gasteiger partial charge is 0.337 e. The van der Waals surface area contributed by atoms with Gasteiger partial charge in [-0.1, -0.05) is 23.8 Å². The van der Waals surface area contributed by atoms with Crippen LogP contribution < -0.4 is 0 Å². The van der Waals surface area contributed by atoms with Crippen LogP contribution in [0.4, 0.5) is 0 Å². The Labute approximate surface area is 107 Å². The molecule has 0 atom stereocenters. The Balaban J connectivity index is 2.18. The smallest absolute Gasteiger partial charge is 0.170 e. The third-order valence-electron chi connectivity index (χ3n) is 3.34. The highest BCUT2D eigenvalue weighted by atomic mass is 16.1. The lowest BCUT2D eigenvalue weighted by molar-refractivity contribution is 0.111. The first-order valence-electron chi connectivity index (χ1n) is 6.13. The first-order valence-corrected chi connectivity index (χ1v) is 6.13. The minimum Gasteiger partial charge on any atom is -0.337 e. The zero-order valence-electron chi connectivity index (χ0n) is 11.1. The highest BCUT2D eigenvalue weighted by Gasteiger charge is 2.08. The van der Waals surface area contributed by atoms with Gasteiger partial charge in [-0.05, 0) is 37.8 Å². The molecule has 2 rings (SSSR count). The average Bonchev–Trinajstić information content (AvgIpc) is 2.71. The molecule has 0 spiro atoms. The van der Waals surface area contributed by atoms with Gasteiger partial charge in [0, 0.05) is 12.7 Å². The molecule has 0 saturated heterocycles. The molecule has 3 nitrogen and oxygen atoms in total. The van der Waals surface area contributed by atoms with E-state index < -0.39 is 0 Å². The van der Waals surface area contributed by atoms with Crippen LogP contribution in [0.15, 0.2) is 24.5 Å². The number of rotatable bonds is 4. The van der Waals surface area contributed by atoms with Crippen molar-refractivity contribution in [3.8, 4) is 0 Å². The first-order chi connectivity index (χ1) is 8.61. The maximum absolute atomic E-state index is 10.9. The van der Waals surface area contributed by atoms with Crippen LogP contribution in [0.5, 0.6) is 0 Å². The second kappa shape index (κ2) is 5.17. The summed E-state index contributed by atoms with van der Waals surface area (Å²) in [5, 5.41) is 0. The van der Waals surface area contributed by atoms with E-state index in [1.54, 1.807) is 6.33 Å². The molecule has 0 N–H and O–H groups in total. The van der Waals surface area contributed by atoms with Crippen molar-refractivity contribution < 1.29 is 4.79 Å². The van der Waals surface area contributed by atoms with E-state index >= 15 is 0 Å². The zero-order valence-corrected chi connectivity index (χ0v) is 11.1. The highest BCUT2D eigenvalue weighted by molar-refractivity contribution is 5.73. The number of hydrogen-bond donors (Lipinski definition) is 0. The molecule has 18 heavy (non-hydrogen) atoms. The summed E-state index contributed by atoms with van der Waals surface area (Å²) in [6, 6.07) is 6.49. The standard InChI is InChI=1S/C15H18N2O/c1-11-4-5-12(2)13(8-11)6-7-15-14(9-18)16-10-17(15)3/h4-5,8-10H,6-7H2,1-3H3. The maximum Gasteiger partial charge on any atom is 0.170 e. The maximum atomic E-state index is 10.9. The SMILES string of the molecule is Cc1ccc(C)c(CCc2c(C=O)ncn2C)c1. The molecule has 0 radical (unpaired) electrons. The van der Waals surface area contributed by atoms with Gasteiger partial charge in [-0.15, -0.1) is 0 Å². The normalized spacial score (nSPS) is 10.6. The van der Waals surface area contributed by atoms with Crippen molar-refractivity contribution in [1.82, 2.24) is 9.55 Å². The number of carbonyl (C=O) groups is 1. The van der Waals surface area contributed by atoms with Crippen LogP contribution in [0.2, 0.25) is 0 Å². The lowest BCUT2D eigenvalue weighted by Crippen LogP contribution is -2.02. The monoisotopic (exact) mass is 242 g/mol. The Morgan fingerprint density at radius 2 is 2.06 bits per heavy atom. The number of aldehydes is 1. The second-order valence-corrected chi connectivity index (χ2v) is 4.74. The summed E-state index contributed by atoms with van der Waals surface area (Å²) in [5.74, 6) is 0. The van der Waals surface area contributed by atoms with Gasteiger partial charge in [0.2, 0.25) is 0 Å². The summed E-state index contributed by atoms with van der Waals surface area (Å²) in [7, 11) is 1.93. The van der Waals surface area contributed by atoms with Crippen molar-refractivity contribution in [2.24, 2.45) is 7.05 Å². The number of nitrogens with zero attached hydrogens (tertiary/aromatic N) is 2. The van der Waals surface area contributed by atoms with Gasteiger partial charge >= 0.3 is 0 Å². The number of aromatic nitrogens is 2. The van der Waals surface area contributed by atoms with Crippen molar-refractivity contribution in [2.75, 3.05) is 0 Å². The fourth-order valence-corrected chi connectivity index (χ4v) is 2.20. The van der Waals surface area contributed by atoms with Gasteiger partial charge in [-0.25, -0.2) is 4.98 Å². The van der Waals surface area contributed by atoms with E-state index in [1.165, 1.54) is 16.7 Å². The number of aryl methyl sites for hydroxylation is 4. The molecule has 0 amide bonds. The third kappa shape index (κ3) is 2.50. The minimum absolute atomic E-state index is 0.558. The number of imidazole rings is 1. The van der Waals surface area contributed by atoms with Gasteiger partial charge in [-0.3, -0.25) is 4.79 Å². The Hall–Kier alpha value is -1.90. The molecular formula is C15H18N2O. The molecule has 0 bridgehead atoms. The van der Waals surface area contributed by atoms with Crippen LogP contribution in [0.25, 0.3) is 0 Å². The van der Waals surface area contributed by atoms with Crippen molar-refractivity contribution in [3.63, 3.8) is 0 Å². The van der Waals surface area contributed by atoms with E-state index in [0.717, 1.165) is 24.8 Å². The molecule has 0 unspecified atom stereocenters. The Morgan fingerprint density at radius 3 is 2.78 bits per heavy atom. The number of benzene rings is 1. The van der Waals surface area contributed by atoms with Crippen molar-refractivity contribution in [2.45, 2.75) is 26.7 Å². The second-order valence-electron chi connectivity index (χ2n) is 4.74. The third-order valence-corrected chi connectivity index (χ3v) is 3.34. The number of hydrogen-bond acceptors (Lipinski definition) is 2.